The van der Waals surface area contributed by atoms with Gasteiger partial charge < -0.3 is 15.0 Å². The van der Waals surface area contributed by atoms with Crippen LogP contribution in [0.1, 0.15) is 49.8 Å². The van der Waals surface area contributed by atoms with Crippen molar-refractivity contribution >= 4 is 27.5 Å². The number of nitrogens with one attached hydrogen (secondary N) is 1. The van der Waals surface area contributed by atoms with Crippen LogP contribution in [0.25, 0.3) is 0 Å². The van der Waals surface area contributed by atoms with Crippen LogP contribution in [-0.4, -0.2) is 57.6 Å². The molecule has 8 nitrogen and oxygen atoms in total. The van der Waals surface area contributed by atoms with E-state index >= 15 is 0 Å². The molecular weight excluding hydrogens is 478 g/mol. The first kappa shape index (κ1) is 29.2. The molecule has 198 valence electrons. The summed E-state index contributed by atoms with van der Waals surface area (Å²) in [4.78, 5) is 27.5. The fourth-order valence-electron chi connectivity index (χ4n) is 3.79. The van der Waals surface area contributed by atoms with Crippen LogP contribution in [0.2, 0.25) is 0 Å². The lowest BCUT2D eigenvalue weighted by Gasteiger charge is -2.29. The molecule has 0 aliphatic rings. The SMILES string of the molecule is CCCNC(=O)C(C)N(Cc1ccc(OC)cc1)C(=O)CCCN(c1ccc(C)c(C)c1)S(C)(=O)=O. The maximum absolute atomic E-state index is 13.3. The molecule has 36 heavy (non-hydrogen) atoms. The van der Waals surface area contributed by atoms with Gasteiger partial charge in [0.05, 0.1) is 19.1 Å². The second kappa shape index (κ2) is 13.3. The van der Waals surface area contributed by atoms with E-state index in [0.717, 1.165) is 23.1 Å². The fraction of sp³-hybridized carbons (Fsp3) is 0.481. The highest BCUT2D eigenvalue weighted by Gasteiger charge is 2.26. The first-order valence-corrected chi connectivity index (χ1v) is 14.1. The molecule has 2 rings (SSSR count). The topological polar surface area (TPSA) is 96.0 Å². The monoisotopic (exact) mass is 517 g/mol. The molecule has 0 saturated carbocycles. The molecule has 0 aromatic heterocycles. The van der Waals surface area contributed by atoms with E-state index in [1.807, 2.05) is 57.2 Å². The molecule has 2 amide bonds. The summed E-state index contributed by atoms with van der Waals surface area (Å²) in [6.45, 7) is 8.55. The molecule has 1 atom stereocenters. The van der Waals surface area contributed by atoms with Crippen LogP contribution in [0.3, 0.4) is 0 Å². The highest BCUT2D eigenvalue weighted by atomic mass is 32.2. The number of hydrogen-bond acceptors (Lipinski definition) is 5. The van der Waals surface area contributed by atoms with Crippen LogP contribution in [0.5, 0.6) is 5.75 Å². The summed E-state index contributed by atoms with van der Waals surface area (Å²) >= 11 is 0. The van der Waals surface area contributed by atoms with E-state index in [4.69, 9.17) is 4.74 Å². The summed E-state index contributed by atoms with van der Waals surface area (Å²) in [5.74, 6) is 0.280. The minimum absolute atomic E-state index is 0.110. The lowest BCUT2D eigenvalue weighted by molar-refractivity contribution is -0.140. The number of carbonyl (C=O) groups is 2. The average molecular weight is 518 g/mol. The second-order valence-electron chi connectivity index (χ2n) is 9.04. The third-order valence-corrected chi connectivity index (χ3v) is 7.35. The number of carbonyl (C=O) groups excluding carboxylic acids is 2. The normalized spacial score (nSPS) is 12.1. The van der Waals surface area contributed by atoms with Crippen molar-refractivity contribution in [3.63, 3.8) is 0 Å². The van der Waals surface area contributed by atoms with E-state index in [9.17, 15) is 18.0 Å². The van der Waals surface area contributed by atoms with Gasteiger partial charge in [0.15, 0.2) is 0 Å². The number of benzene rings is 2. The van der Waals surface area contributed by atoms with Crippen LogP contribution in [0, 0.1) is 13.8 Å². The van der Waals surface area contributed by atoms with E-state index in [1.54, 1.807) is 25.0 Å². The number of ether oxygens (including phenoxy) is 1. The van der Waals surface area contributed by atoms with Crippen LogP contribution >= 0.6 is 0 Å². The average Bonchev–Trinajstić information content (AvgIpc) is 2.84. The van der Waals surface area contributed by atoms with Crippen LogP contribution in [-0.2, 0) is 26.2 Å². The minimum Gasteiger partial charge on any atom is -0.497 e. The van der Waals surface area contributed by atoms with Gasteiger partial charge in [0.2, 0.25) is 21.8 Å². The van der Waals surface area contributed by atoms with Crippen molar-refractivity contribution in [3.05, 3.63) is 59.2 Å². The molecule has 0 bridgehead atoms. The van der Waals surface area contributed by atoms with E-state index in [0.29, 0.717) is 24.4 Å². The molecule has 1 N–H and O–H groups in total. The van der Waals surface area contributed by atoms with Gasteiger partial charge in [-0.1, -0.05) is 25.1 Å². The molecule has 0 spiro atoms. The molecule has 1 unspecified atom stereocenters. The molecule has 2 aromatic rings. The number of hydrogen-bond donors (Lipinski definition) is 1. The molecule has 0 saturated heterocycles. The summed E-state index contributed by atoms with van der Waals surface area (Å²) in [5, 5.41) is 2.86. The van der Waals surface area contributed by atoms with E-state index < -0.39 is 16.1 Å². The molecule has 0 fully saturated rings. The zero-order valence-electron chi connectivity index (χ0n) is 22.2. The Labute approximate surface area is 215 Å². The quantitative estimate of drug-likeness (QED) is 0.436. The highest BCUT2D eigenvalue weighted by Crippen LogP contribution is 2.22. The van der Waals surface area contributed by atoms with Gasteiger partial charge in [-0.25, -0.2) is 8.42 Å². The number of aryl methyl sites for hydroxylation is 2. The number of methoxy groups -OCH3 is 1. The number of nitrogens with zero attached hydrogens (tertiary/aromatic N) is 2. The van der Waals surface area contributed by atoms with Crippen molar-refractivity contribution in [2.45, 2.75) is 59.5 Å². The van der Waals surface area contributed by atoms with Gasteiger partial charge in [0, 0.05) is 26.1 Å². The Morgan fingerprint density at radius 2 is 1.72 bits per heavy atom. The van der Waals surface area contributed by atoms with Crippen molar-refractivity contribution in [3.8, 4) is 5.75 Å². The van der Waals surface area contributed by atoms with E-state index in [2.05, 4.69) is 5.32 Å². The molecule has 0 heterocycles. The zero-order valence-corrected chi connectivity index (χ0v) is 23.0. The molecular formula is C27H39N3O5S. The maximum atomic E-state index is 13.3. The molecule has 0 radical (unpaired) electrons. The molecule has 2 aromatic carbocycles. The summed E-state index contributed by atoms with van der Waals surface area (Å²) in [5.41, 5.74) is 3.52. The van der Waals surface area contributed by atoms with Crippen molar-refractivity contribution in [1.82, 2.24) is 10.2 Å². The summed E-state index contributed by atoms with van der Waals surface area (Å²) in [6.07, 6.45) is 2.39. The summed E-state index contributed by atoms with van der Waals surface area (Å²) in [7, 11) is -1.94. The van der Waals surface area contributed by atoms with E-state index in [1.165, 1.54) is 10.6 Å². The Morgan fingerprint density at radius 3 is 2.28 bits per heavy atom. The van der Waals surface area contributed by atoms with Gasteiger partial charge in [-0.3, -0.25) is 13.9 Å². The van der Waals surface area contributed by atoms with Crippen molar-refractivity contribution in [1.29, 1.82) is 0 Å². The van der Waals surface area contributed by atoms with Crippen LogP contribution in [0.15, 0.2) is 42.5 Å². The first-order valence-electron chi connectivity index (χ1n) is 12.2. The lowest BCUT2D eigenvalue weighted by atomic mass is 10.1. The highest BCUT2D eigenvalue weighted by molar-refractivity contribution is 7.92. The van der Waals surface area contributed by atoms with Crippen molar-refractivity contribution < 1.29 is 22.7 Å². The van der Waals surface area contributed by atoms with Gasteiger partial charge in [0.25, 0.3) is 0 Å². The third kappa shape index (κ3) is 8.26. The molecule has 0 aliphatic carbocycles. The molecule has 9 heteroatoms. The largest absolute Gasteiger partial charge is 0.497 e. The van der Waals surface area contributed by atoms with Crippen molar-refractivity contribution in [2.75, 3.05) is 30.8 Å². The Hall–Kier alpha value is -3.07. The van der Waals surface area contributed by atoms with Gasteiger partial charge in [-0.15, -0.1) is 0 Å². The van der Waals surface area contributed by atoms with E-state index in [-0.39, 0.29) is 31.3 Å². The minimum atomic E-state index is -3.53. The number of rotatable bonds is 13. The first-order chi connectivity index (χ1) is 17.0. The predicted octanol–water partition coefficient (Wildman–Crippen LogP) is 3.80. The third-order valence-electron chi connectivity index (χ3n) is 6.16. The number of amides is 2. The standard InChI is InChI=1S/C27H39N3O5S/c1-7-16-28-27(32)22(4)29(19-23-11-14-25(35-5)15-12-23)26(31)9-8-17-30(36(6,33)34)24-13-10-20(2)21(3)18-24/h10-15,18,22H,7-9,16-17,19H2,1-6H3,(H,28,32). The van der Waals surface area contributed by atoms with Crippen LogP contribution in [0.4, 0.5) is 5.69 Å². The smallest absolute Gasteiger partial charge is 0.242 e. The summed E-state index contributed by atoms with van der Waals surface area (Å²) in [6, 6.07) is 12.2. The zero-order chi connectivity index (χ0) is 26.9. The van der Waals surface area contributed by atoms with Gasteiger partial charge in [0.1, 0.15) is 11.8 Å². The Balaban J connectivity index is 2.17. The van der Waals surface area contributed by atoms with Gasteiger partial charge >= 0.3 is 0 Å². The fourth-order valence-corrected chi connectivity index (χ4v) is 4.75. The van der Waals surface area contributed by atoms with Crippen LogP contribution < -0.4 is 14.4 Å². The second-order valence-corrected chi connectivity index (χ2v) is 11.0. The van der Waals surface area contributed by atoms with Gasteiger partial charge in [-0.05, 0) is 74.6 Å². The number of sulfonamides is 1. The Morgan fingerprint density at radius 1 is 1.06 bits per heavy atom. The summed E-state index contributed by atoms with van der Waals surface area (Å²) < 4.78 is 31.5. The van der Waals surface area contributed by atoms with Gasteiger partial charge in [-0.2, -0.15) is 0 Å². The van der Waals surface area contributed by atoms with Crippen molar-refractivity contribution in [2.24, 2.45) is 0 Å². The molecule has 0 aliphatic heterocycles. The predicted molar refractivity (Wildman–Crippen MR) is 144 cm³/mol. The Bertz CT molecular complexity index is 1130. The maximum Gasteiger partial charge on any atom is 0.242 e. The Kier molecular flexibility index (Phi) is 10.8. The number of anilines is 1. The lowest BCUT2D eigenvalue weighted by Crippen LogP contribution is -2.47.